The molecule has 0 amide bonds. The predicted octanol–water partition coefficient (Wildman–Crippen LogP) is 3.49. The molecule has 0 heterocycles. The second-order valence-electron chi connectivity index (χ2n) is 4.65. The van der Waals surface area contributed by atoms with Gasteiger partial charge in [-0.25, -0.2) is 4.39 Å². The molecule has 2 rings (SSSR count). The summed E-state index contributed by atoms with van der Waals surface area (Å²) in [5.41, 5.74) is 3.99. The van der Waals surface area contributed by atoms with Crippen LogP contribution in [0.4, 0.5) is 10.1 Å². The number of hydrogen-bond acceptors (Lipinski definition) is 4. The molecule has 0 aliphatic carbocycles. The molecule has 0 radical (unpaired) electrons. The van der Waals surface area contributed by atoms with E-state index in [9.17, 15) is 14.5 Å². The van der Waals surface area contributed by atoms with Crippen molar-refractivity contribution in [3.8, 4) is 0 Å². The Bertz CT molecular complexity index is 784. The largest absolute Gasteiger partial charge is 0.357 e. The highest BCUT2D eigenvalue weighted by molar-refractivity contribution is 9.10. The van der Waals surface area contributed by atoms with Crippen LogP contribution in [0.25, 0.3) is 0 Å². The van der Waals surface area contributed by atoms with Gasteiger partial charge < -0.3 is 5.32 Å². The van der Waals surface area contributed by atoms with Gasteiger partial charge in [-0.1, -0.05) is 18.2 Å². The molecule has 2 aromatic rings. The van der Waals surface area contributed by atoms with E-state index in [1.165, 1.54) is 24.4 Å². The molecule has 0 unspecified atom stereocenters. The minimum Gasteiger partial charge on any atom is -0.357 e. The van der Waals surface area contributed by atoms with Gasteiger partial charge in [-0.3, -0.25) is 15.5 Å². The minimum atomic E-state index is -0.482. The molecule has 0 aliphatic heterocycles. The topological polar surface area (TPSA) is 79.6 Å². The zero-order chi connectivity index (χ0) is 17.5. The molecule has 9 heteroatoms. The van der Waals surface area contributed by atoms with E-state index in [4.69, 9.17) is 12.2 Å². The lowest BCUT2D eigenvalue weighted by molar-refractivity contribution is -0.385. The van der Waals surface area contributed by atoms with Crippen molar-refractivity contribution in [3.05, 3.63) is 74.0 Å². The summed E-state index contributed by atoms with van der Waals surface area (Å²) in [7, 11) is 0. The van der Waals surface area contributed by atoms with E-state index in [0.717, 1.165) is 5.56 Å². The fraction of sp³-hybridized carbons (Fsp3) is 0.0667. The van der Waals surface area contributed by atoms with Crippen LogP contribution in [0.5, 0.6) is 0 Å². The van der Waals surface area contributed by atoms with Crippen molar-refractivity contribution >= 4 is 45.2 Å². The van der Waals surface area contributed by atoms with Crippen LogP contribution in [0.3, 0.4) is 0 Å². The molecular weight excluding hydrogens is 399 g/mol. The van der Waals surface area contributed by atoms with Crippen molar-refractivity contribution in [3.63, 3.8) is 0 Å². The third kappa shape index (κ3) is 5.36. The summed E-state index contributed by atoms with van der Waals surface area (Å²) in [6, 6.07) is 10.7. The van der Waals surface area contributed by atoms with Gasteiger partial charge in [0.05, 0.1) is 15.6 Å². The molecular formula is C15H12BrFN4O2S. The maximum atomic E-state index is 12.8. The Morgan fingerprint density at radius 3 is 2.71 bits per heavy atom. The van der Waals surface area contributed by atoms with E-state index in [-0.39, 0.29) is 16.6 Å². The van der Waals surface area contributed by atoms with Crippen LogP contribution in [-0.2, 0) is 6.54 Å². The summed E-state index contributed by atoms with van der Waals surface area (Å²) in [5.74, 6) is -0.298. The highest BCUT2D eigenvalue weighted by Crippen LogP contribution is 2.24. The van der Waals surface area contributed by atoms with Crippen molar-refractivity contribution in [2.75, 3.05) is 0 Å². The summed E-state index contributed by atoms with van der Waals surface area (Å²) >= 11 is 8.17. The molecule has 6 nitrogen and oxygen atoms in total. The normalized spacial score (nSPS) is 10.6. The van der Waals surface area contributed by atoms with Gasteiger partial charge in [-0.2, -0.15) is 5.10 Å². The van der Waals surface area contributed by atoms with Crippen LogP contribution in [0.2, 0.25) is 0 Å². The molecule has 2 aromatic carbocycles. The monoisotopic (exact) mass is 410 g/mol. The molecule has 0 atom stereocenters. The first-order valence-electron chi connectivity index (χ1n) is 6.71. The molecule has 0 saturated heterocycles. The molecule has 0 bridgehead atoms. The third-order valence-electron chi connectivity index (χ3n) is 2.91. The number of thiocarbonyl (C=S) groups is 1. The van der Waals surface area contributed by atoms with Crippen molar-refractivity contribution in [1.29, 1.82) is 0 Å². The van der Waals surface area contributed by atoms with Crippen LogP contribution in [0.1, 0.15) is 11.1 Å². The van der Waals surface area contributed by atoms with Gasteiger partial charge in [0.2, 0.25) is 0 Å². The van der Waals surface area contributed by atoms with Crippen molar-refractivity contribution in [2.24, 2.45) is 5.10 Å². The Morgan fingerprint density at radius 1 is 1.33 bits per heavy atom. The Labute approximate surface area is 151 Å². The number of hydrogen-bond donors (Lipinski definition) is 2. The number of nitro benzene ring substituents is 1. The molecule has 0 aromatic heterocycles. The zero-order valence-electron chi connectivity index (χ0n) is 12.2. The van der Waals surface area contributed by atoms with Crippen molar-refractivity contribution < 1.29 is 9.31 Å². The molecule has 24 heavy (non-hydrogen) atoms. The molecule has 0 saturated carbocycles. The maximum Gasteiger partial charge on any atom is 0.284 e. The third-order valence-corrected chi connectivity index (χ3v) is 3.82. The highest BCUT2D eigenvalue weighted by atomic mass is 79.9. The summed E-state index contributed by atoms with van der Waals surface area (Å²) in [5, 5.41) is 18.0. The van der Waals surface area contributed by atoms with Gasteiger partial charge in [0.1, 0.15) is 5.82 Å². The lowest BCUT2D eigenvalue weighted by Crippen LogP contribution is -2.31. The number of nitro groups is 1. The Kier molecular flexibility index (Phi) is 6.33. The first-order valence-corrected chi connectivity index (χ1v) is 7.91. The van der Waals surface area contributed by atoms with Crippen molar-refractivity contribution in [1.82, 2.24) is 10.7 Å². The van der Waals surface area contributed by atoms with Crippen LogP contribution in [-0.4, -0.2) is 16.3 Å². The summed E-state index contributed by atoms with van der Waals surface area (Å²) < 4.78 is 13.2. The number of nitrogens with one attached hydrogen (secondary N) is 2. The standard InChI is InChI=1S/C15H12BrFN4O2S/c16-13-6-3-11(7-14(13)21(22)23)9-19-20-15(24)18-8-10-1-4-12(17)5-2-10/h1-7,9H,8H2,(H2,18,20,24)/b19-9-. The minimum absolute atomic E-state index is 0.0454. The second-order valence-corrected chi connectivity index (χ2v) is 5.91. The van der Waals surface area contributed by atoms with Gasteiger partial charge >= 0.3 is 0 Å². The molecule has 2 N–H and O–H groups in total. The van der Waals surface area contributed by atoms with E-state index in [0.29, 0.717) is 16.6 Å². The smallest absolute Gasteiger partial charge is 0.284 e. The van der Waals surface area contributed by atoms with Gasteiger partial charge in [0, 0.05) is 18.2 Å². The van der Waals surface area contributed by atoms with E-state index in [1.807, 2.05) is 0 Å². The SMILES string of the molecule is O=[N+]([O-])c1cc(/C=N\NC(=S)NCc2ccc(F)cc2)ccc1Br. The maximum absolute atomic E-state index is 12.8. The van der Waals surface area contributed by atoms with Gasteiger partial charge in [-0.05, 0) is 51.9 Å². The molecule has 124 valence electrons. The molecule has 0 spiro atoms. The lowest BCUT2D eigenvalue weighted by Gasteiger charge is -2.06. The zero-order valence-corrected chi connectivity index (χ0v) is 14.6. The summed E-state index contributed by atoms with van der Waals surface area (Å²) in [6.45, 7) is 0.422. The fourth-order valence-corrected chi connectivity index (χ4v) is 2.26. The fourth-order valence-electron chi connectivity index (χ4n) is 1.74. The van der Waals surface area contributed by atoms with E-state index >= 15 is 0 Å². The number of benzene rings is 2. The molecule has 0 fully saturated rings. The molecule has 0 aliphatic rings. The first kappa shape index (κ1) is 18.0. The average Bonchev–Trinajstić information content (AvgIpc) is 2.55. The first-order chi connectivity index (χ1) is 11.5. The second kappa shape index (κ2) is 8.46. The predicted molar refractivity (Wildman–Crippen MR) is 97.4 cm³/mol. The Hall–Kier alpha value is -2.39. The van der Waals surface area contributed by atoms with E-state index < -0.39 is 4.92 Å². The van der Waals surface area contributed by atoms with Gasteiger partial charge in [0.25, 0.3) is 5.69 Å². The quantitative estimate of drug-likeness (QED) is 0.341. The van der Waals surface area contributed by atoms with Crippen LogP contribution >= 0.6 is 28.1 Å². The van der Waals surface area contributed by atoms with Crippen LogP contribution in [0.15, 0.2) is 52.0 Å². The summed E-state index contributed by atoms with van der Waals surface area (Å²) in [6.07, 6.45) is 1.42. The van der Waals surface area contributed by atoms with E-state index in [2.05, 4.69) is 31.8 Å². The van der Waals surface area contributed by atoms with Gasteiger partial charge in [0.15, 0.2) is 5.11 Å². The van der Waals surface area contributed by atoms with Crippen LogP contribution < -0.4 is 10.7 Å². The average molecular weight is 411 g/mol. The Morgan fingerprint density at radius 2 is 2.04 bits per heavy atom. The van der Waals surface area contributed by atoms with Crippen molar-refractivity contribution in [2.45, 2.75) is 6.54 Å². The van der Waals surface area contributed by atoms with E-state index in [1.54, 1.807) is 24.3 Å². The number of hydrazone groups is 1. The summed E-state index contributed by atoms with van der Waals surface area (Å²) in [4.78, 5) is 10.4. The Balaban J connectivity index is 1.87. The number of nitrogens with zero attached hydrogens (tertiary/aromatic N) is 2. The highest BCUT2D eigenvalue weighted by Gasteiger charge is 2.11. The lowest BCUT2D eigenvalue weighted by atomic mass is 10.2. The van der Waals surface area contributed by atoms with Gasteiger partial charge in [-0.15, -0.1) is 0 Å². The number of halogens is 2. The van der Waals surface area contributed by atoms with Crippen LogP contribution in [0, 0.1) is 15.9 Å². The number of rotatable bonds is 5.